The molecule has 22 heavy (non-hydrogen) atoms. The van der Waals surface area contributed by atoms with Crippen LogP contribution in [0.15, 0.2) is 24.3 Å². The van der Waals surface area contributed by atoms with Gasteiger partial charge in [-0.1, -0.05) is 23.2 Å². The highest BCUT2D eigenvalue weighted by atomic mass is 35.5. The predicted octanol–water partition coefficient (Wildman–Crippen LogP) is 4.52. The van der Waals surface area contributed by atoms with Crippen molar-refractivity contribution < 1.29 is 0 Å². The average Bonchev–Trinajstić information content (AvgIpc) is 3.12. The number of aryl methyl sites for hydroxylation is 2. The molecule has 3 nitrogen and oxygen atoms in total. The number of likely N-dealkylation sites (tertiary alicyclic amines) is 1. The van der Waals surface area contributed by atoms with Crippen LogP contribution in [-0.2, 0) is 6.42 Å². The van der Waals surface area contributed by atoms with E-state index in [2.05, 4.69) is 17.9 Å². The Hall–Kier alpha value is -1.03. The molecule has 0 saturated carbocycles. The molecule has 2 aromatic rings. The van der Waals surface area contributed by atoms with Crippen molar-refractivity contribution in [1.82, 2.24) is 14.7 Å². The number of halogens is 2. The highest BCUT2D eigenvalue weighted by Crippen LogP contribution is 2.25. The molecule has 0 bridgehead atoms. The summed E-state index contributed by atoms with van der Waals surface area (Å²) in [5.41, 5.74) is 3.22. The first kappa shape index (κ1) is 15.9. The molecule has 0 N–H and O–H groups in total. The van der Waals surface area contributed by atoms with E-state index in [-0.39, 0.29) is 0 Å². The van der Waals surface area contributed by atoms with Gasteiger partial charge in [-0.2, -0.15) is 5.10 Å². The topological polar surface area (TPSA) is 21.1 Å². The van der Waals surface area contributed by atoms with Gasteiger partial charge in [-0.25, -0.2) is 4.68 Å². The van der Waals surface area contributed by atoms with Gasteiger partial charge in [0.15, 0.2) is 0 Å². The van der Waals surface area contributed by atoms with Gasteiger partial charge in [-0.15, -0.1) is 0 Å². The number of nitrogens with zero attached hydrogens (tertiary/aromatic N) is 3. The van der Waals surface area contributed by atoms with Gasteiger partial charge in [0.2, 0.25) is 0 Å². The Morgan fingerprint density at radius 2 is 1.86 bits per heavy atom. The largest absolute Gasteiger partial charge is 0.303 e. The maximum absolute atomic E-state index is 6.10. The third kappa shape index (κ3) is 3.65. The third-order valence-corrected chi connectivity index (χ3v) is 4.93. The summed E-state index contributed by atoms with van der Waals surface area (Å²) in [6.07, 6.45) is 4.89. The average molecular weight is 338 g/mol. The quantitative estimate of drug-likeness (QED) is 0.799. The Bertz CT molecular complexity index is 645. The van der Waals surface area contributed by atoms with Crippen LogP contribution in [0.3, 0.4) is 0 Å². The number of aromatic nitrogens is 2. The fourth-order valence-corrected chi connectivity index (χ4v) is 3.32. The molecule has 0 radical (unpaired) electrons. The van der Waals surface area contributed by atoms with Gasteiger partial charge in [-0.3, -0.25) is 0 Å². The van der Waals surface area contributed by atoms with Gasteiger partial charge in [0.05, 0.1) is 21.4 Å². The minimum atomic E-state index is 0.560. The maximum Gasteiger partial charge on any atom is 0.0664 e. The molecule has 1 aliphatic rings. The van der Waals surface area contributed by atoms with E-state index in [0.717, 1.165) is 29.9 Å². The second-order valence-corrected chi connectivity index (χ2v) is 6.75. The van der Waals surface area contributed by atoms with E-state index in [9.17, 15) is 0 Å². The number of benzene rings is 1. The molecule has 1 aliphatic heterocycles. The zero-order valence-corrected chi connectivity index (χ0v) is 14.4. The van der Waals surface area contributed by atoms with Gasteiger partial charge >= 0.3 is 0 Å². The molecule has 5 heteroatoms. The minimum Gasteiger partial charge on any atom is -0.303 e. The smallest absolute Gasteiger partial charge is 0.0664 e. The first-order valence-electron chi connectivity index (χ1n) is 7.87. The van der Waals surface area contributed by atoms with Crippen LogP contribution in [0.1, 0.15) is 30.7 Å². The van der Waals surface area contributed by atoms with Crippen LogP contribution < -0.4 is 0 Å². The Labute approximate surface area is 141 Å². The van der Waals surface area contributed by atoms with E-state index in [1.54, 1.807) is 0 Å². The molecule has 2 heterocycles. The van der Waals surface area contributed by atoms with Crippen LogP contribution >= 0.6 is 23.2 Å². The van der Waals surface area contributed by atoms with Crippen LogP contribution in [0, 0.1) is 6.92 Å². The lowest BCUT2D eigenvalue weighted by Crippen LogP contribution is -2.20. The summed E-state index contributed by atoms with van der Waals surface area (Å²) in [7, 11) is 0. The molecule has 1 saturated heterocycles. The molecule has 1 aromatic heterocycles. The lowest BCUT2D eigenvalue weighted by Gasteiger charge is -2.13. The first-order chi connectivity index (χ1) is 10.6. The van der Waals surface area contributed by atoms with E-state index in [0.29, 0.717) is 10.0 Å². The number of rotatable bonds is 5. The highest BCUT2D eigenvalue weighted by molar-refractivity contribution is 6.42. The van der Waals surface area contributed by atoms with Gasteiger partial charge in [0.25, 0.3) is 0 Å². The zero-order chi connectivity index (χ0) is 15.5. The molecule has 1 aromatic carbocycles. The summed E-state index contributed by atoms with van der Waals surface area (Å²) < 4.78 is 1.94. The molecule has 0 unspecified atom stereocenters. The second kappa shape index (κ2) is 7.03. The van der Waals surface area contributed by atoms with Gasteiger partial charge in [-0.05, 0) is 76.5 Å². The molecular formula is C17H21Cl2N3. The van der Waals surface area contributed by atoms with Crippen LogP contribution in [0.4, 0.5) is 0 Å². The summed E-state index contributed by atoms with van der Waals surface area (Å²) in [6, 6.07) is 7.78. The van der Waals surface area contributed by atoms with Crippen LogP contribution in [0.5, 0.6) is 0 Å². The van der Waals surface area contributed by atoms with Gasteiger partial charge in [0.1, 0.15) is 0 Å². The Morgan fingerprint density at radius 3 is 2.59 bits per heavy atom. The number of hydrogen-bond donors (Lipinski definition) is 0. The van der Waals surface area contributed by atoms with Crippen molar-refractivity contribution in [2.24, 2.45) is 0 Å². The Kier molecular flexibility index (Phi) is 5.07. The minimum absolute atomic E-state index is 0.560. The summed E-state index contributed by atoms with van der Waals surface area (Å²) in [5.74, 6) is 0. The van der Waals surface area contributed by atoms with Crippen molar-refractivity contribution in [3.63, 3.8) is 0 Å². The molecule has 3 rings (SSSR count). The third-order valence-electron chi connectivity index (χ3n) is 4.19. The lowest BCUT2D eigenvalue weighted by molar-refractivity contribution is 0.333. The molecule has 0 spiro atoms. The van der Waals surface area contributed by atoms with Crippen molar-refractivity contribution in [3.05, 3.63) is 45.7 Å². The summed E-state index contributed by atoms with van der Waals surface area (Å²) in [6.45, 7) is 5.77. The van der Waals surface area contributed by atoms with Crippen LogP contribution in [0.2, 0.25) is 10.0 Å². The van der Waals surface area contributed by atoms with E-state index >= 15 is 0 Å². The molecule has 0 amide bonds. The SMILES string of the molecule is Cc1cc(CCCN2CCCC2)nn1-c1ccc(Cl)c(Cl)c1. The Balaban J connectivity index is 1.66. The lowest BCUT2D eigenvalue weighted by atomic mass is 10.2. The number of hydrogen-bond acceptors (Lipinski definition) is 2. The molecule has 118 valence electrons. The molecule has 0 aliphatic carbocycles. The predicted molar refractivity (Wildman–Crippen MR) is 92.3 cm³/mol. The zero-order valence-electron chi connectivity index (χ0n) is 12.9. The maximum atomic E-state index is 6.10. The monoisotopic (exact) mass is 337 g/mol. The fourth-order valence-electron chi connectivity index (χ4n) is 3.03. The van der Waals surface area contributed by atoms with Crippen molar-refractivity contribution in [2.75, 3.05) is 19.6 Å². The standard InChI is InChI=1S/C17H21Cl2N3/c1-13-11-14(5-4-10-21-8-2-3-9-21)20-22(13)15-6-7-16(18)17(19)12-15/h6-7,11-12H,2-5,8-10H2,1H3. The fraction of sp³-hybridized carbons (Fsp3) is 0.471. The van der Waals surface area contributed by atoms with Gasteiger partial charge in [0, 0.05) is 5.69 Å². The summed E-state index contributed by atoms with van der Waals surface area (Å²) >= 11 is 12.1. The molecule has 0 atom stereocenters. The van der Waals surface area contributed by atoms with Crippen LogP contribution in [0.25, 0.3) is 5.69 Å². The summed E-state index contributed by atoms with van der Waals surface area (Å²) in [4.78, 5) is 2.54. The Morgan fingerprint density at radius 1 is 1.09 bits per heavy atom. The first-order valence-corrected chi connectivity index (χ1v) is 8.62. The molecule has 1 fully saturated rings. The molecular weight excluding hydrogens is 317 g/mol. The van der Waals surface area contributed by atoms with E-state index < -0.39 is 0 Å². The van der Waals surface area contributed by atoms with Crippen molar-refractivity contribution in [3.8, 4) is 5.69 Å². The van der Waals surface area contributed by atoms with Gasteiger partial charge < -0.3 is 4.90 Å². The van der Waals surface area contributed by atoms with Crippen molar-refractivity contribution in [2.45, 2.75) is 32.6 Å². The van der Waals surface area contributed by atoms with E-state index in [1.807, 2.05) is 22.9 Å². The second-order valence-electron chi connectivity index (χ2n) is 5.94. The van der Waals surface area contributed by atoms with E-state index in [4.69, 9.17) is 28.3 Å². The summed E-state index contributed by atoms with van der Waals surface area (Å²) in [5, 5.41) is 5.84. The van der Waals surface area contributed by atoms with E-state index in [1.165, 1.54) is 32.5 Å². The van der Waals surface area contributed by atoms with Crippen molar-refractivity contribution in [1.29, 1.82) is 0 Å². The normalized spacial score (nSPS) is 15.6. The van der Waals surface area contributed by atoms with Crippen molar-refractivity contribution >= 4 is 23.2 Å². The highest BCUT2D eigenvalue weighted by Gasteiger charge is 2.12. The van der Waals surface area contributed by atoms with Crippen LogP contribution in [-0.4, -0.2) is 34.3 Å².